The summed E-state index contributed by atoms with van der Waals surface area (Å²) in [5.41, 5.74) is -2.23. The summed E-state index contributed by atoms with van der Waals surface area (Å²) < 4.78 is 42.0. The number of esters is 1. The van der Waals surface area contributed by atoms with Gasteiger partial charge in [-0.05, 0) is 43.9 Å². The van der Waals surface area contributed by atoms with Crippen LogP contribution in [0.15, 0.2) is 0 Å². The molecule has 0 heterocycles. The largest absolute Gasteiger partial charge is 0.490 e. The van der Waals surface area contributed by atoms with Gasteiger partial charge in [0.25, 0.3) is 0 Å². The molecular formula is C13H15F3O4. The van der Waals surface area contributed by atoms with Crippen LogP contribution in [0.4, 0.5) is 13.2 Å². The third-order valence-electron chi connectivity index (χ3n) is 5.00. The molecule has 4 saturated carbocycles. The van der Waals surface area contributed by atoms with Crippen LogP contribution in [-0.2, 0) is 14.3 Å². The molecule has 0 spiro atoms. The normalized spacial score (nSPS) is 42.5. The van der Waals surface area contributed by atoms with Crippen molar-refractivity contribution in [3.63, 3.8) is 0 Å². The fraction of sp³-hybridized carbons (Fsp3) is 0.846. The highest BCUT2D eigenvalue weighted by Crippen LogP contribution is 2.63. The summed E-state index contributed by atoms with van der Waals surface area (Å²) in [6.07, 6.45) is -2.47. The van der Waals surface area contributed by atoms with E-state index in [-0.39, 0.29) is 18.3 Å². The van der Waals surface area contributed by atoms with E-state index in [0.29, 0.717) is 25.7 Å². The number of carboxylic acid groups (broad SMARTS) is 1. The van der Waals surface area contributed by atoms with Crippen LogP contribution >= 0.6 is 0 Å². The SMILES string of the molecule is O=C(OC12CC3CC(C1)CC(C(=O)O)(C3)C2)C(F)(F)F. The number of hydrogen-bond acceptors (Lipinski definition) is 3. The zero-order chi connectivity index (χ0) is 14.8. The molecule has 0 aromatic heterocycles. The van der Waals surface area contributed by atoms with Crippen LogP contribution in [0.5, 0.6) is 0 Å². The molecule has 4 nitrogen and oxygen atoms in total. The summed E-state index contributed by atoms with van der Waals surface area (Å²) in [6, 6.07) is 0. The minimum absolute atomic E-state index is 0.0180. The summed E-state index contributed by atoms with van der Waals surface area (Å²) in [7, 11) is 0. The fourth-order valence-electron chi connectivity index (χ4n) is 4.80. The second kappa shape index (κ2) is 3.89. The number of ether oxygens (including phenoxy) is 1. The molecule has 112 valence electrons. The van der Waals surface area contributed by atoms with E-state index in [4.69, 9.17) is 4.74 Å². The molecule has 1 N–H and O–H groups in total. The maximum absolute atomic E-state index is 12.4. The van der Waals surface area contributed by atoms with Gasteiger partial charge in [0, 0.05) is 6.42 Å². The molecule has 20 heavy (non-hydrogen) atoms. The van der Waals surface area contributed by atoms with E-state index in [1.165, 1.54) is 0 Å². The van der Waals surface area contributed by atoms with Crippen LogP contribution in [0.3, 0.4) is 0 Å². The Bertz CT molecular complexity index is 457. The number of aliphatic carboxylic acids is 1. The number of alkyl halides is 3. The van der Waals surface area contributed by atoms with Crippen molar-refractivity contribution in [2.24, 2.45) is 17.3 Å². The van der Waals surface area contributed by atoms with E-state index in [1.54, 1.807) is 0 Å². The maximum Gasteiger partial charge on any atom is 0.490 e. The lowest BCUT2D eigenvalue weighted by Gasteiger charge is -2.59. The number of halogens is 3. The predicted octanol–water partition coefficient (Wildman–Crippen LogP) is 2.52. The van der Waals surface area contributed by atoms with Gasteiger partial charge in [0.2, 0.25) is 0 Å². The first-order chi connectivity index (χ1) is 9.14. The Morgan fingerprint density at radius 2 is 1.65 bits per heavy atom. The first-order valence-corrected chi connectivity index (χ1v) is 6.68. The quantitative estimate of drug-likeness (QED) is 0.794. The minimum Gasteiger partial charge on any atom is -0.481 e. The van der Waals surface area contributed by atoms with Crippen molar-refractivity contribution in [3.8, 4) is 0 Å². The molecule has 0 amide bonds. The van der Waals surface area contributed by atoms with Gasteiger partial charge in [-0.1, -0.05) is 0 Å². The Morgan fingerprint density at radius 3 is 2.10 bits per heavy atom. The molecule has 0 saturated heterocycles. The van der Waals surface area contributed by atoms with E-state index in [1.807, 2.05) is 0 Å². The number of carbonyl (C=O) groups excluding carboxylic acids is 1. The fourth-order valence-corrected chi connectivity index (χ4v) is 4.80. The van der Waals surface area contributed by atoms with Crippen molar-refractivity contribution >= 4 is 11.9 Å². The minimum atomic E-state index is -5.03. The summed E-state index contributed by atoms with van der Waals surface area (Å²) in [4.78, 5) is 22.6. The molecule has 4 fully saturated rings. The monoisotopic (exact) mass is 292 g/mol. The number of carbonyl (C=O) groups is 2. The van der Waals surface area contributed by atoms with Crippen molar-refractivity contribution in [2.45, 2.75) is 50.3 Å². The molecule has 7 heteroatoms. The lowest BCUT2D eigenvalue weighted by Crippen LogP contribution is -2.60. The van der Waals surface area contributed by atoms with Crippen LogP contribution < -0.4 is 0 Å². The van der Waals surface area contributed by atoms with Gasteiger partial charge < -0.3 is 9.84 Å². The number of hydrogen-bond donors (Lipinski definition) is 1. The van der Waals surface area contributed by atoms with Crippen molar-refractivity contribution in [2.75, 3.05) is 0 Å². The average Bonchev–Trinajstić information content (AvgIpc) is 2.24. The van der Waals surface area contributed by atoms with Gasteiger partial charge in [-0.15, -0.1) is 0 Å². The third kappa shape index (κ3) is 1.98. The number of rotatable bonds is 2. The lowest BCUT2D eigenvalue weighted by atomic mass is 9.48. The van der Waals surface area contributed by atoms with Crippen molar-refractivity contribution < 1.29 is 32.6 Å². The van der Waals surface area contributed by atoms with Crippen molar-refractivity contribution in [1.29, 1.82) is 0 Å². The predicted molar refractivity (Wildman–Crippen MR) is 59.6 cm³/mol. The number of carboxylic acids is 1. The summed E-state index contributed by atoms with van der Waals surface area (Å²) >= 11 is 0. The Hall–Kier alpha value is -1.27. The molecule has 4 bridgehead atoms. The lowest BCUT2D eigenvalue weighted by molar-refractivity contribution is -0.240. The standard InChI is InChI=1S/C13H15F3O4/c14-13(15,16)10(19)20-12-4-7-1-8(5-12)3-11(2-7,6-12)9(17)18/h7-8H,1-6H2,(H,17,18). The molecule has 2 atom stereocenters. The molecular weight excluding hydrogens is 277 g/mol. The molecule has 4 rings (SSSR count). The first-order valence-electron chi connectivity index (χ1n) is 6.68. The molecule has 4 aliphatic carbocycles. The Balaban J connectivity index is 1.87. The molecule has 0 radical (unpaired) electrons. The molecule has 0 aromatic carbocycles. The van der Waals surface area contributed by atoms with E-state index in [2.05, 4.69) is 0 Å². The highest BCUT2D eigenvalue weighted by atomic mass is 19.4. The Kier molecular flexibility index (Phi) is 2.66. The van der Waals surface area contributed by atoms with E-state index in [9.17, 15) is 27.9 Å². The van der Waals surface area contributed by atoms with Crippen LogP contribution in [0.25, 0.3) is 0 Å². The summed E-state index contributed by atoms with van der Waals surface area (Å²) in [5.74, 6) is -3.07. The van der Waals surface area contributed by atoms with Crippen LogP contribution in [0, 0.1) is 17.3 Å². The summed E-state index contributed by atoms with van der Waals surface area (Å²) in [6.45, 7) is 0. The van der Waals surface area contributed by atoms with Crippen molar-refractivity contribution in [3.05, 3.63) is 0 Å². The van der Waals surface area contributed by atoms with Gasteiger partial charge in [-0.25, -0.2) is 4.79 Å². The van der Waals surface area contributed by atoms with E-state index >= 15 is 0 Å². The topological polar surface area (TPSA) is 63.6 Å². The first kappa shape index (κ1) is 13.7. The van der Waals surface area contributed by atoms with Crippen molar-refractivity contribution in [1.82, 2.24) is 0 Å². The average molecular weight is 292 g/mol. The van der Waals surface area contributed by atoms with Crippen LogP contribution in [0.2, 0.25) is 0 Å². The second-order valence-corrected chi connectivity index (χ2v) is 6.62. The van der Waals surface area contributed by atoms with Gasteiger partial charge in [-0.3, -0.25) is 4.79 Å². The van der Waals surface area contributed by atoms with E-state index in [0.717, 1.165) is 6.42 Å². The molecule has 0 aromatic rings. The molecule has 0 aliphatic heterocycles. The molecule has 4 aliphatic rings. The zero-order valence-electron chi connectivity index (χ0n) is 10.7. The van der Waals surface area contributed by atoms with Crippen LogP contribution in [-0.4, -0.2) is 28.8 Å². The zero-order valence-corrected chi connectivity index (χ0v) is 10.7. The molecule has 2 unspecified atom stereocenters. The van der Waals surface area contributed by atoms with Gasteiger partial charge in [0.15, 0.2) is 0 Å². The Morgan fingerprint density at radius 1 is 1.10 bits per heavy atom. The van der Waals surface area contributed by atoms with Gasteiger partial charge in [0.05, 0.1) is 5.41 Å². The van der Waals surface area contributed by atoms with E-state index < -0.39 is 29.1 Å². The second-order valence-electron chi connectivity index (χ2n) is 6.62. The summed E-state index contributed by atoms with van der Waals surface area (Å²) in [5, 5.41) is 9.42. The Labute approximate surface area is 113 Å². The van der Waals surface area contributed by atoms with Gasteiger partial charge >= 0.3 is 18.1 Å². The van der Waals surface area contributed by atoms with Gasteiger partial charge in [0.1, 0.15) is 5.60 Å². The smallest absolute Gasteiger partial charge is 0.481 e. The highest BCUT2D eigenvalue weighted by Gasteiger charge is 2.63. The highest BCUT2D eigenvalue weighted by molar-refractivity contribution is 5.77. The maximum atomic E-state index is 12.4. The van der Waals surface area contributed by atoms with Gasteiger partial charge in [-0.2, -0.15) is 13.2 Å². The van der Waals surface area contributed by atoms with Crippen LogP contribution in [0.1, 0.15) is 38.5 Å². The third-order valence-corrected chi connectivity index (χ3v) is 5.00.